The predicted octanol–water partition coefficient (Wildman–Crippen LogP) is -1.02. The Balaban J connectivity index is 0.000000739. The highest BCUT2D eigenvalue weighted by Gasteiger charge is 2.50. The van der Waals surface area contributed by atoms with E-state index in [0.29, 0.717) is 5.31 Å². The summed E-state index contributed by atoms with van der Waals surface area (Å²) in [6.45, 7) is 0.0000487. The summed E-state index contributed by atoms with van der Waals surface area (Å²) in [6, 6.07) is 32.7. The van der Waals surface area contributed by atoms with Gasteiger partial charge < -0.3 is 10.1 Å². The molecule has 10 heteroatoms. The van der Waals surface area contributed by atoms with Crippen molar-refractivity contribution in [2.75, 3.05) is 13.7 Å². The Labute approximate surface area is 200 Å². The van der Waals surface area contributed by atoms with Gasteiger partial charge in [0.25, 0.3) is 0 Å². The average Bonchev–Trinajstić information content (AvgIpc) is 2.84. The van der Waals surface area contributed by atoms with Crippen LogP contribution in [0.3, 0.4) is 0 Å². The number of nitrogens with one attached hydrogen (secondary N) is 1. The molecule has 0 atom stereocenters. The molecule has 3 rings (SSSR count). The molecule has 0 aliphatic carbocycles. The first kappa shape index (κ1) is 27.0. The van der Waals surface area contributed by atoms with Gasteiger partial charge in [-0.3, -0.25) is 4.79 Å². The molecule has 0 saturated heterocycles. The molecule has 176 valence electrons. The van der Waals surface area contributed by atoms with Gasteiger partial charge in [0.2, 0.25) is 5.31 Å². The van der Waals surface area contributed by atoms with Crippen LogP contribution < -0.4 is 35.2 Å². The van der Waals surface area contributed by atoms with Crippen molar-refractivity contribution in [2.45, 2.75) is 0 Å². The molecule has 0 radical (unpaired) electrons. The van der Waals surface area contributed by atoms with Crippen LogP contribution >= 0.6 is 7.26 Å². The van der Waals surface area contributed by atoms with Crippen molar-refractivity contribution in [2.24, 2.45) is 0 Å². The number of nitrogens with zero attached hydrogens (tertiary/aromatic N) is 1. The summed E-state index contributed by atoms with van der Waals surface area (Å²) in [6.07, 6.45) is 1.66. The number of benzene rings is 3. The van der Waals surface area contributed by atoms with Crippen LogP contribution in [0.25, 0.3) is 0 Å². The number of ether oxygens (including phenoxy) is 1. The predicted molar refractivity (Wildman–Crippen MR) is 121 cm³/mol. The number of esters is 1. The van der Waals surface area contributed by atoms with E-state index >= 15 is 0 Å². The van der Waals surface area contributed by atoms with Crippen LogP contribution in [0, 0.1) is 21.6 Å². The third-order valence-electron chi connectivity index (χ3n) is 4.62. The Bertz CT molecular complexity index is 1010. The van der Waals surface area contributed by atoms with Crippen LogP contribution in [0.15, 0.2) is 103 Å². The molecule has 8 nitrogen and oxygen atoms in total. The monoisotopic (exact) mass is 501 g/mol. The van der Waals surface area contributed by atoms with Crippen molar-refractivity contribution in [1.29, 1.82) is 5.26 Å². The zero-order valence-electron chi connectivity index (χ0n) is 18.2. The van der Waals surface area contributed by atoms with Gasteiger partial charge in [0.1, 0.15) is 28.5 Å². The van der Waals surface area contributed by atoms with E-state index in [-0.39, 0.29) is 12.5 Å². The van der Waals surface area contributed by atoms with Crippen molar-refractivity contribution in [3.8, 4) is 6.07 Å². The van der Waals surface area contributed by atoms with E-state index < -0.39 is 17.5 Å². The number of nitriles is 1. The number of carbonyl (C=O) groups is 1. The highest BCUT2D eigenvalue weighted by Crippen LogP contribution is 2.61. The van der Waals surface area contributed by atoms with Crippen molar-refractivity contribution in [3.63, 3.8) is 0 Å². The standard InChI is InChI=1S/C24H22N2O2P.ClHO4/c1-28-24(27)19-26-18-23(17-25)29(20-11-5-2-6-12-20,21-13-7-3-8-14-21)22-15-9-4-10-16-22;2-1(3,4)5/h2-16,18,26H,19H2,1H3;(H,2,3,4,5)/q+1;/b23-18+;. The Kier molecular flexibility index (Phi) is 10.2. The molecular weight excluding hydrogens is 479 g/mol. The second kappa shape index (κ2) is 12.8. The molecule has 3 aromatic carbocycles. The van der Waals surface area contributed by atoms with Crippen LogP contribution in [0.5, 0.6) is 0 Å². The molecule has 0 heterocycles. The van der Waals surface area contributed by atoms with E-state index in [4.69, 9.17) is 23.4 Å². The normalized spacial score (nSPS) is 11.5. The van der Waals surface area contributed by atoms with E-state index in [1.807, 2.05) is 54.6 Å². The molecule has 0 bridgehead atoms. The molecule has 0 aliphatic rings. The third-order valence-corrected chi connectivity index (χ3v) is 8.79. The van der Waals surface area contributed by atoms with Crippen LogP contribution in [0.1, 0.15) is 0 Å². The smallest absolute Gasteiger partial charge is 0.325 e. The minimum Gasteiger partial charge on any atom is -0.468 e. The minimum atomic E-state index is -4.69. The molecule has 2 N–H and O–H groups in total. The van der Waals surface area contributed by atoms with Gasteiger partial charge in [-0.05, 0) is 36.4 Å². The Morgan fingerprint density at radius 2 is 1.29 bits per heavy atom. The van der Waals surface area contributed by atoms with Gasteiger partial charge >= 0.3 is 5.97 Å². The van der Waals surface area contributed by atoms with E-state index in [2.05, 4.69) is 47.8 Å². The van der Waals surface area contributed by atoms with Gasteiger partial charge in [0, 0.05) is 0 Å². The molecule has 0 amide bonds. The lowest BCUT2D eigenvalue weighted by molar-refractivity contribution is -1.92. The van der Waals surface area contributed by atoms with E-state index in [1.54, 1.807) is 6.20 Å². The van der Waals surface area contributed by atoms with Crippen LogP contribution in [0.4, 0.5) is 0 Å². The number of halogens is 1. The third kappa shape index (κ3) is 7.37. The number of hydrogen-bond donors (Lipinski definition) is 2. The lowest BCUT2D eigenvalue weighted by Gasteiger charge is -2.26. The largest absolute Gasteiger partial charge is 0.468 e. The fourth-order valence-electron chi connectivity index (χ4n) is 3.33. The highest BCUT2D eigenvalue weighted by molar-refractivity contribution is 7.99. The second-order valence-corrected chi connectivity index (χ2v) is 10.8. The summed E-state index contributed by atoms with van der Waals surface area (Å²) in [4.78, 5) is 11.6. The molecule has 0 spiro atoms. The van der Waals surface area contributed by atoms with Crippen molar-refractivity contribution in [1.82, 2.24) is 5.32 Å². The zero-order valence-corrected chi connectivity index (χ0v) is 19.9. The SMILES string of the molecule is COC(=O)CN/C=C(\C#N)[P+](c1ccccc1)(c1ccccc1)c1ccccc1.[O-][Cl+3]([O-])([O-])O. The number of allylic oxidation sites excluding steroid dienone is 1. The molecular formula is C24H23ClN2O6P+. The van der Waals surface area contributed by atoms with Crippen LogP contribution in [0.2, 0.25) is 0 Å². The molecule has 0 aromatic heterocycles. The second-order valence-electron chi connectivity index (χ2n) is 6.67. The first-order valence-corrected chi connectivity index (χ1v) is 12.9. The summed E-state index contributed by atoms with van der Waals surface area (Å²) in [5, 5.41) is 17.0. The summed E-state index contributed by atoms with van der Waals surface area (Å²) >= 11 is 0. The van der Waals surface area contributed by atoms with Gasteiger partial charge in [-0.25, -0.2) is 0 Å². The number of carbonyl (C=O) groups excluding carboxylic acids is 1. The fraction of sp³-hybridized carbons (Fsp3) is 0.0833. The Morgan fingerprint density at radius 1 is 0.941 bits per heavy atom. The highest BCUT2D eigenvalue weighted by atomic mass is 35.7. The van der Waals surface area contributed by atoms with Gasteiger partial charge in [0.15, 0.2) is 7.26 Å². The quantitative estimate of drug-likeness (QED) is 0.237. The molecule has 34 heavy (non-hydrogen) atoms. The minimum absolute atomic E-state index is 0.0000487. The van der Waals surface area contributed by atoms with Gasteiger partial charge in [-0.1, -0.05) is 54.6 Å². The Hall–Kier alpha value is -3.28. The maximum absolute atomic E-state index is 11.6. The average molecular weight is 502 g/mol. The molecule has 0 fully saturated rings. The van der Waals surface area contributed by atoms with Gasteiger partial charge in [0.05, 0.1) is 28.2 Å². The van der Waals surface area contributed by atoms with Crippen molar-refractivity contribution < 1.29 is 38.4 Å². The topological polar surface area (TPSA) is 152 Å². The maximum Gasteiger partial charge on any atom is 0.325 e. The van der Waals surface area contributed by atoms with Crippen molar-refractivity contribution >= 4 is 29.1 Å². The number of hydrogen-bond acceptors (Lipinski definition) is 8. The summed E-state index contributed by atoms with van der Waals surface area (Å²) in [7, 11) is -5.80. The lowest BCUT2D eigenvalue weighted by atomic mass is 10.4. The van der Waals surface area contributed by atoms with E-state index in [0.717, 1.165) is 15.9 Å². The maximum atomic E-state index is 11.6. The van der Waals surface area contributed by atoms with Crippen molar-refractivity contribution in [3.05, 3.63) is 103 Å². The zero-order chi connectivity index (χ0) is 25.0. The summed E-state index contributed by atoms with van der Waals surface area (Å²) in [5.74, 6) is -0.387. The van der Waals surface area contributed by atoms with E-state index in [1.165, 1.54) is 7.11 Å². The fourth-order valence-corrected chi connectivity index (χ4v) is 7.35. The first-order chi connectivity index (χ1) is 16.2. The first-order valence-electron chi connectivity index (χ1n) is 9.83. The van der Waals surface area contributed by atoms with Crippen LogP contribution in [-0.4, -0.2) is 24.3 Å². The van der Waals surface area contributed by atoms with Gasteiger partial charge in [-0.15, -0.1) is 0 Å². The van der Waals surface area contributed by atoms with Gasteiger partial charge in [-0.2, -0.15) is 19.2 Å². The molecule has 0 saturated carbocycles. The number of methoxy groups -OCH3 is 1. The van der Waals surface area contributed by atoms with E-state index in [9.17, 15) is 10.1 Å². The summed E-state index contributed by atoms with van der Waals surface area (Å²) in [5.41, 5.74) is 0. The molecule has 0 unspecified atom stereocenters. The van der Waals surface area contributed by atoms with Crippen LogP contribution in [-0.2, 0) is 9.53 Å². The molecule has 0 aliphatic heterocycles. The number of rotatable bonds is 7. The molecule has 3 aromatic rings. The lowest BCUT2D eigenvalue weighted by Crippen LogP contribution is -2.58. The summed E-state index contributed by atoms with van der Waals surface area (Å²) < 4.78 is 37.4. The Morgan fingerprint density at radius 3 is 1.59 bits per heavy atom.